The zero-order valence-corrected chi connectivity index (χ0v) is 13.8. The Kier molecular flexibility index (Phi) is 4.64. The quantitative estimate of drug-likeness (QED) is 0.911. The third-order valence-electron chi connectivity index (χ3n) is 3.77. The minimum atomic E-state index is 0.439. The molecule has 1 N–H and O–H groups in total. The highest BCUT2D eigenvalue weighted by Gasteiger charge is 2.17. The molecule has 0 spiro atoms. The van der Waals surface area contributed by atoms with Gasteiger partial charge in [-0.2, -0.15) is 10.1 Å². The molecule has 2 aromatic rings. The number of anilines is 3. The third kappa shape index (κ3) is 3.78. The molecule has 116 valence electrons. The van der Waals surface area contributed by atoms with Crippen LogP contribution in [-0.4, -0.2) is 28.3 Å². The van der Waals surface area contributed by atoms with Crippen LogP contribution < -0.4 is 10.2 Å². The summed E-state index contributed by atoms with van der Waals surface area (Å²) in [5, 5.41) is 12.3. The molecular weight excluding hydrogens is 321 g/mol. The Morgan fingerprint density at radius 1 is 1.14 bits per heavy atom. The van der Waals surface area contributed by atoms with Gasteiger partial charge in [0.15, 0.2) is 5.82 Å². The predicted octanol–water partition coefficient (Wildman–Crippen LogP) is 4.16. The van der Waals surface area contributed by atoms with E-state index in [0.717, 1.165) is 30.5 Å². The summed E-state index contributed by atoms with van der Waals surface area (Å²) in [6.45, 7) is 4.29. The maximum atomic E-state index is 5.99. The van der Waals surface area contributed by atoms with Gasteiger partial charge in [-0.15, -0.1) is 5.10 Å². The molecule has 1 aliphatic rings. The molecule has 0 bridgehead atoms. The molecule has 1 aliphatic heterocycles. The van der Waals surface area contributed by atoms with E-state index in [9.17, 15) is 0 Å². The van der Waals surface area contributed by atoms with Crippen LogP contribution in [0, 0.1) is 5.92 Å². The Bertz CT molecular complexity index is 636. The first kappa shape index (κ1) is 15.3. The number of nitrogens with zero attached hydrogens (tertiary/aromatic N) is 4. The van der Waals surface area contributed by atoms with E-state index in [0.29, 0.717) is 16.0 Å². The van der Waals surface area contributed by atoms with Gasteiger partial charge in [-0.3, -0.25) is 0 Å². The second kappa shape index (κ2) is 6.67. The monoisotopic (exact) mass is 337 g/mol. The smallest absolute Gasteiger partial charge is 0.249 e. The molecule has 7 heteroatoms. The Balaban J connectivity index is 1.76. The van der Waals surface area contributed by atoms with Crippen LogP contribution >= 0.6 is 23.2 Å². The fraction of sp³-hybridized carbons (Fsp3) is 0.400. The minimum Gasteiger partial charge on any atom is -0.355 e. The minimum absolute atomic E-state index is 0.439. The lowest BCUT2D eigenvalue weighted by atomic mass is 9.99. The van der Waals surface area contributed by atoms with Gasteiger partial charge in [0.1, 0.15) is 0 Å². The lowest BCUT2D eigenvalue weighted by molar-refractivity contribution is 0.436. The van der Waals surface area contributed by atoms with Crippen molar-refractivity contribution in [3.05, 3.63) is 34.4 Å². The predicted molar refractivity (Wildman–Crippen MR) is 90.2 cm³/mol. The summed E-state index contributed by atoms with van der Waals surface area (Å²) in [5.74, 6) is 2.06. The normalized spacial score (nSPS) is 15.9. The molecule has 0 aliphatic carbocycles. The molecule has 1 aromatic heterocycles. The number of halogens is 2. The fourth-order valence-corrected chi connectivity index (χ4v) is 3.02. The summed E-state index contributed by atoms with van der Waals surface area (Å²) < 4.78 is 0. The van der Waals surface area contributed by atoms with Crippen LogP contribution in [0.1, 0.15) is 19.8 Å². The topological polar surface area (TPSA) is 53.9 Å². The van der Waals surface area contributed by atoms with Crippen molar-refractivity contribution >= 4 is 40.7 Å². The molecule has 3 rings (SSSR count). The highest BCUT2D eigenvalue weighted by atomic mass is 35.5. The molecule has 1 saturated heterocycles. The van der Waals surface area contributed by atoms with Crippen LogP contribution in [0.25, 0.3) is 0 Å². The summed E-state index contributed by atoms with van der Waals surface area (Å²) in [7, 11) is 0. The van der Waals surface area contributed by atoms with Crippen LogP contribution in [0.4, 0.5) is 17.5 Å². The zero-order valence-electron chi connectivity index (χ0n) is 12.3. The third-order valence-corrected chi connectivity index (χ3v) is 4.21. The molecule has 0 unspecified atom stereocenters. The molecule has 5 nitrogen and oxygen atoms in total. The summed E-state index contributed by atoms with van der Waals surface area (Å²) >= 11 is 12.0. The van der Waals surface area contributed by atoms with Crippen LogP contribution in [0.2, 0.25) is 10.0 Å². The van der Waals surface area contributed by atoms with E-state index >= 15 is 0 Å². The average Bonchev–Trinajstić information content (AvgIpc) is 2.47. The van der Waals surface area contributed by atoms with Gasteiger partial charge < -0.3 is 10.2 Å². The van der Waals surface area contributed by atoms with Gasteiger partial charge in [-0.25, -0.2) is 0 Å². The van der Waals surface area contributed by atoms with Crippen molar-refractivity contribution < 1.29 is 0 Å². The first-order valence-corrected chi connectivity index (χ1v) is 8.03. The molecule has 0 saturated carbocycles. The summed E-state index contributed by atoms with van der Waals surface area (Å²) in [4.78, 5) is 6.77. The second-order valence-electron chi connectivity index (χ2n) is 5.59. The van der Waals surface area contributed by atoms with Gasteiger partial charge >= 0.3 is 0 Å². The van der Waals surface area contributed by atoms with Crippen molar-refractivity contribution in [1.29, 1.82) is 0 Å². The molecule has 1 fully saturated rings. The van der Waals surface area contributed by atoms with Gasteiger partial charge in [0.25, 0.3) is 0 Å². The van der Waals surface area contributed by atoms with Crippen molar-refractivity contribution in [1.82, 2.24) is 15.2 Å². The Hall–Kier alpha value is -1.59. The first-order chi connectivity index (χ1) is 10.6. The van der Waals surface area contributed by atoms with Crippen molar-refractivity contribution in [2.75, 3.05) is 23.3 Å². The Morgan fingerprint density at radius 3 is 2.50 bits per heavy atom. The van der Waals surface area contributed by atoms with Crippen LogP contribution in [0.5, 0.6) is 0 Å². The molecule has 2 heterocycles. The first-order valence-electron chi connectivity index (χ1n) is 7.28. The van der Waals surface area contributed by atoms with Gasteiger partial charge in [0.05, 0.1) is 6.20 Å². The fourth-order valence-electron chi connectivity index (χ4n) is 2.49. The number of rotatable bonds is 3. The summed E-state index contributed by atoms with van der Waals surface area (Å²) in [5.41, 5.74) is 0.740. The molecule has 0 radical (unpaired) electrons. The van der Waals surface area contributed by atoms with E-state index in [1.54, 1.807) is 24.4 Å². The van der Waals surface area contributed by atoms with Crippen LogP contribution in [0.15, 0.2) is 24.4 Å². The molecule has 0 amide bonds. The Morgan fingerprint density at radius 2 is 1.82 bits per heavy atom. The lowest BCUT2D eigenvalue weighted by Gasteiger charge is -2.30. The molecule has 22 heavy (non-hydrogen) atoms. The van der Waals surface area contributed by atoms with Crippen LogP contribution in [0.3, 0.4) is 0 Å². The van der Waals surface area contributed by atoms with E-state index < -0.39 is 0 Å². The van der Waals surface area contributed by atoms with E-state index in [-0.39, 0.29) is 0 Å². The maximum absolute atomic E-state index is 5.99. The van der Waals surface area contributed by atoms with Crippen molar-refractivity contribution in [3.8, 4) is 0 Å². The van der Waals surface area contributed by atoms with Crippen LogP contribution in [-0.2, 0) is 0 Å². The summed E-state index contributed by atoms with van der Waals surface area (Å²) in [6.07, 6.45) is 4.06. The molecular formula is C15H17Cl2N5. The lowest BCUT2D eigenvalue weighted by Crippen LogP contribution is -2.33. The van der Waals surface area contributed by atoms with Crippen molar-refractivity contribution in [3.63, 3.8) is 0 Å². The van der Waals surface area contributed by atoms with Crippen molar-refractivity contribution in [2.24, 2.45) is 5.92 Å². The highest BCUT2D eigenvalue weighted by molar-refractivity contribution is 6.35. The van der Waals surface area contributed by atoms with E-state index in [2.05, 4.69) is 32.3 Å². The highest BCUT2D eigenvalue weighted by Crippen LogP contribution is 2.25. The maximum Gasteiger partial charge on any atom is 0.249 e. The number of nitrogens with one attached hydrogen (secondary N) is 1. The van der Waals surface area contributed by atoms with Crippen molar-refractivity contribution in [2.45, 2.75) is 19.8 Å². The van der Waals surface area contributed by atoms with E-state index in [4.69, 9.17) is 23.2 Å². The largest absolute Gasteiger partial charge is 0.355 e. The Labute approximate surface area is 139 Å². The summed E-state index contributed by atoms with van der Waals surface area (Å²) in [6, 6.07) is 5.22. The molecule has 0 atom stereocenters. The number of hydrogen-bond acceptors (Lipinski definition) is 5. The van der Waals surface area contributed by atoms with E-state index in [1.165, 1.54) is 12.8 Å². The number of aromatic nitrogens is 3. The van der Waals surface area contributed by atoms with Gasteiger partial charge in [0, 0.05) is 28.8 Å². The molecule has 1 aromatic carbocycles. The zero-order chi connectivity index (χ0) is 15.5. The van der Waals surface area contributed by atoms with E-state index in [1.807, 2.05) is 0 Å². The number of piperidine rings is 1. The number of benzene rings is 1. The standard InChI is InChI=1S/C15H17Cl2N5/c1-10-2-4-22(5-3-10)14-9-18-21-15(20-14)19-13-7-11(16)6-12(17)8-13/h6-10H,2-5H2,1H3,(H,19,20,21). The van der Waals surface area contributed by atoms with Gasteiger partial charge in [-0.05, 0) is 37.0 Å². The number of hydrogen-bond donors (Lipinski definition) is 1. The second-order valence-corrected chi connectivity index (χ2v) is 6.46. The van der Waals surface area contributed by atoms with Gasteiger partial charge in [0.2, 0.25) is 5.95 Å². The SMILES string of the molecule is CC1CCN(c2cnnc(Nc3cc(Cl)cc(Cl)c3)n2)CC1. The average molecular weight is 338 g/mol. The van der Waals surface area contributed by atoms with Gasteiger partial charge in [-0.1, -0.05) is 30.1 Å².